The zero-order chi connectivity index (χ0) is 24.2. The molecule has 0 saturated carbocycles. The molecule has 2 unspecified atom stereocenters. The van der Waals surface area contributed by atoms with E-state index in [2.05, 4.69) is 4.98 Å². The Bertz CT molecular complexity index is 1070. The van der Waals surface area contributed by atoms with Gasteiger partial charge in [-0.25, -0.2) is 4.79 Å². The number of aliphatic hydroxyl groups is 2. The lowest BCUT2D eigenvalue weighted by molar-refractivity contribution is -0.404. The Labute approximate surface area is 176 Å². The number of phenols is 1. The average molecular weight is 456 g/mol. The minimum Gasteiger partial charge on any atom is -0.497 e. The highest BCUT2D eigenvalue weighted by atomic mass is 16.6. The summed E-state index contributed by atoms with van der Waals surface area (Å²) in [5.74, 6) is -1.07. The van der Waals surface area contributed by atoms with Gasteiger partial charge in [-0.3, -0.25) is 34.9 Å². The number of nitro groups is 3. The lowest BCUT2D eigenvalue weighted by atomic mass is 10.2. The van der Waals surface area contributed by atoms with Gasteiger partial charge in [0.05, 0.1) is 39.6 Å². The summed E-state index contributed by atoms with van der Waals surface area (Å²) in [5, 5.41) is 58.6. The Morgan fingerprint density at radius 1 is 1.16 bits per heavy atom. The number of phenolic OH excluding ortho intramolecular Hbond substituents is 1. The number of nitrogens with zero attached hydrogens (tertiary/aromatic N) is 5. The van der Waals surface area contributed by atoms with E-state index in [9.17, 15) is 40.2 Å². The Morgan fingerprint density at radius 3 is 2.12 bits per heavy atom. The number of nitrogen functional groups attached to an aromatic ring is 1. The number of ether oxygens (including phenoxy) is 1. The van der Waals surface area contributed by atoms with Gasteiger partial charge >= 0.3 is 17.1 Å². The molecular weight excluding hydrogens is 440 g/mol. The Morgan fingerprint density at radius 2 is 1.72 bits per heavy atom. The van der Waals surface area contributed by atoms with Gasteiger partial charge in [0.15, 0.2) is 0 Å². The van der Waals surface area contributed by atoms with Crippen molar-refractivity contribution < 1.29 is 34.8 Å². The fraction of sp³-hybridized carbons (Fsp3) is 0.333. The van der Waals surface area contributed by atoms with Crippen LogP contribution in [-0.4, -0.2) is 58.5 Å². The first-order valence-electron chi connectivity index (χ1n) is 8.55. The predicted molar refractivity (Wildman–Crippen MR) is 103 cm³/mol. The minimum atomic E-state index is -1.21. The van der Waals surface area contributed by atoms with Crippen LogP contribution in [0, 0.1) is 30.3 Å². The Hall–Kier alpha value is -4.22. The summed E-state index contributed by atoms with van der Waals surface area (Å²) in [6, 6.07) is 2.37. The highest BCUT2D eigenvalue weighted by molar-refractivity contribution is 5.64. The highest BCUT2D eigenvalue weighted by Crippen LogP contribution is 2.39. The molecule has 17 heteroatoms. The van der Waals surface area contributed by atoms with Gasteiger partial charge in [-0.2, -0.15) is 4.98 Å². The van der Waals surface area contributed by atoms with Crippen molar-refractivity contribution in [3.05, 3.63) is 65.2 Å². The molecule has 1 aromatic heterocycles. The van der Waals surface area contributed by atoms with Gasteiger partial charge in [-0.1, -0.05) is 0 Å². The van der Waals surface area contributed by atoms with Gasteiger partial charge in [0.25, 0.3) is 11.4 Å². The number of anilines is 1. The second-order valence-electron chi connectivity index (χ2n) is 6.26. The topological polar surface area (TPSA) is 260 Å². The molecule has 1 saturated heterocycles. The number of nitro benzene ring substituents is 3. The summed E-state index contributed by atoms with van der Waals surface area (Å²) in [6.07, 6.45) is -0.333. The van der Waals surface area contributed by atoms with Gasteiger partial charge in [-0.05, 0) is 6.07 Å². The quantitative estimate of drug-likeness (QED) is 0.329. The average Bonchev–Trinajstić information content (AvgIpc) is 3.08. The van der Waals surface area contributed by atoms with E-state index < -0.39 is 61.7 Å². The van der Waals surface area contributed by atoms with Crippen LogP contribution in [0.1, 0.15) is 12.6 Å². The number of hydrogen-bond donors (Lipinski definition) is 4. The van der Waals surface area contributed by atoms with Crippen LogP contribution in [0.3, 0.4) is 0 Å². The van der Waals surface area contributed by atoms with E-state index >= 15 is 0 Å². The molecule has 3 atom stereocenters. The molecule has 172 valence electrons. The predicted octanol–water partition coefficient (Wildman–Crippen LogP) is -0.417. The van der Waals surface area contributed by atoms with Crippen LogP contribution in [0.15, 0.2) is 29.2 Å². The van der Waals surface area contributed by atoms with Crippen LogP contribution in [0.25, 0.3) is 0 Å². The van der Waals surface area contributed by atoms with E-state index in [0.29, 0.717) is 12.1 Å². The number of non-ortho nitro benzene ring substituents is 1. The van der Waals surface area contributed by atoms with Crippen LogP contribution in [0.4, 0.5) is 22.9 Å². The number of nitrogens with two attached hydrogens (primary N) is 1. The number of aliphatic hydroxyl groups excluding tert-OH is 2. The number of aromatic hydroxyl groups is 1. The van der Waals surface area contributed by atoms with Crippen molar-refractivity contribution in [2.75, 3.05) is 12.3 Å². The second kappa shape index (κ2) is 9.73. The van der Waals surface area contributed by atoms with Crippen LogP contribution in [-0.2, 0) is 4.74 Å². The standard InChI is InChI=1S/C9H13N3O4.C6H3N3O7/c10-7-1-2-12(9(15)11-7)8-3-5(14)6(4-13)16-8;10-6-4(8(13)14)1-3(7(11)12)2-5(6)9(15)16/h1-2,5-6,8,13-14H,3-4H2,(H2,10,11,15);1-2,10H/t5?,6?,8-;/m1./s1. The first kappa shape index (κ1) is 24.1. The zero-order valence-corrected chi connectivity index (χ0v) is 15.9. The van der Waals surface area contributed by atoms with Crippen molar-refractivity contribution in [2.45, 2.75) is 24.9 Å². The molecule has 17 nitrogen and oxygen atoms in total. The van der Waals surface area contributed by atoms with Crippen LogP contribution in [0.2, 0.25) is 0 Å². The SMILES string of the molecule is Nc1ccn([C@H]2CC(O)C(CO)O2)c(=O)n1.O=[N+]([O-])c1cc([N+](=O)[O-])c(O)c([N+](=O)[O-])c1. The summed E-state index contributed by atoms with van der Waals surface area (Å²) < 4.78 is 6.56. The van der Waals surface area contributed by atoms with E-state index in [1.54, 1.807) is 0 Å². The molecule has 0 amide bonds. The molecule has 0 aliphatic carbocycles. The van der Waals surface area contributed by atoms with Crippen molar-refractivity contribution in [3.8, 4) is 5.75 Å². The molecular formula is C15H16N6O11. The highest BCUT2D eigenvalue weighted by Gasteiger charge is 2.35. The van der Waals surface area contributed by atoms with E-state index in [0.717, 1.165) is 0 Å². The molecule has 1 aliphatic rings. The fourth-order valence-electron chi connectivity index (χ4n) is 2.67. The van der Waals surface area contributed by atoms with Crippen molar-refractivity contribution >= 4 is 22.9 Å². The molecule has 0 bridgehead atoms. The first-order valence-corrected chi connectivity index (χ1v) is 8.55. The molecule has 2 aromatic rings. The second-order valence-corrected chi connectivity index (χ2v) is 6.26. The summed E-state index contributed by atoms with van der Waals surface area (Å²) in [5.41, 5.74) is 1.82. The van der Waals surface area contributed by atoms with Gasteiger partial charge in [0, 0.05) is 12.6 Å². The van der Waals surface area contributed by atoms with Gasteiger partial charge < -0.3 is 25.8 Å². The normalized spacial score (nSPS) is 19.6. The summed E-state index contributed by atoms with van der Waals surface area (Å²) in [6.45, 7) is -0.283. The van der Waals surface area contributed by atoms with E-state index in [1.165, 1.54) is 16.8 Å². The van der Waals surface area contributed by atoms with E-state index in [1.807, 2.05) is 0 Å². The van der Waals surface area contributed by atoms with Gasteiger partial charge in [0.2, 0.25) is 0 Å². The molecule has 5 N–H and O–H groups in total. The largest absolute Gasteiger partial charge is 0.497 e. The maximum Gasteiger partial charge on any atom is 0.351 e. The monoisotopic (exact) mass is 456 g/mol. The summed E-state index contributed by atoms with van der Waals surface area (Å²) >= 11 is 0. The molecule has 0 radical (unpaired) electrons. The maximum absolute atomic E-state index is 11.5. The molecule has 1 fully saturated rings. The van der Waals surface area contributed by atoms with Gasteiger partial charge in [0.1, 0.15) is 18.1 Å². The lowest BCUT2D eigenvalue weighted by Gasteiger charge is -2.13. The van der Waals surface area contributed by atoms with Crippen molar-refractivity contribution in [2.24, 2.45) is 0 Å². The van der Waals surface area contributed by atoms with Crippen LogP contribution in [0.5, 0.6) is 5.75 Å². The Balaban J connectivity index is 0.000000227. The minimum absolute atomic E-state index is 0.138. The van der Waals surface area contributed by atoms with Gasteiger partial charge in [-0.15, -0.1) is 0 Å². The van der Waals surface area contributed by atoms with Crippen LogP contribution >= 0.6 is 0 Å². The number of rotatable bonds is 5. The Kier molecular flexibility index (Phi) is 7.31. The molecule has 2 heterocycles. The molecule has 3 rings (SSSR count). The smallest absolute Gasteiger partial charge is 0.351 e. The number of benzene rings is 1. The third-order valence-corrected chi connectivity index (χ3v) is 4.20. The fourth-order valence-corrected chi connectivity index (χ4v) is 2.67. The van der Waals surface area contributed by atoms with Crippen molar-refractivity contribution in [3.63, 3.8) is 0 Å². The van der Waals surface area contributed by atoms with Crippen LogP contribution < -0.4 is 11.4 Å². The van der Waals surface area contributed by atoms with E-state index in [-0.39, 0.29) is 18.8 Å². The third kappa shape index (κ3) is 5.28. The molecule has 1 aliphatic heterocycles. The molecule has 1 aromatic carbocycles. The van der Waals surface area contributed by atoms with E-state index in [4.69, 9.17) is 20.7 Å². The van der Waals surface area contributed by atoms with Crippen molar-refractivity contribution in [1.82, 2.24) is 9.55 Å². The number of aromatic nitrogens is 2. The maximum atomic E-state index is 11.5. The third-order valence-electron chi connectivity index (χ3n) is 4.20. The molecule has 32 heavy (non-hydrogen) atoms. The number of hydrogen-bond acceptors (Lipinski definition) is 13. The summed E-state index contributed by atoms with van der Waals surface area (Å²) in [7, 11) is 0. The first-order chi connectivity index (χ1) is 15.0. The molecule has 0 spiro atoms. The van der Waals surface area contributed by atoms with Crippen molar-refractivity contribution in [1.29, 1.82) is 0 Å². The zero-order valence-electron chi connectivity index (χ0n) is 15.9. The summed E-state index contributed by atoms with van der Waals surface area (Å²) in [4.78, 5) is 42.8. The lowest BCUT2D eigenvalue weighted by Crippen LogP contribution is -2.27.